The van der Waals surface area contributed by atoms with Crippen molar-refractivity contribution in [3.63, 3.8) is 0 Å². The molecule has 1 amide bonds. The largest absolute Gasteiger partial charge is 0.370 e. The molecule has 0 saturated carbocycles. The first-order valence-electron chi connectivity index (χ1n) is 7.55. The molecule has 0 bridgehead atoms. The first-order chi connectivity index (χ1) is 10.0. The minimum atomic E-state index is -0.134. The maximum absolute atomic E-state index is 12.0. The molecule has 0 aliphatic heterocycles. The number of hydrogen-bond donors (Lipinski definition) is 2. The van der Waals surface area contributed by atoms with Gasteiger partial charge in [-0.15, -0.1) is 0 Å². The van der Waals surface area contributed by atoms with E-state index in [-0.39, 0.29) is 5.91 Å². The molecular formula is C15H27N5O. The summed E-state index contributed by atoms with van der Waals surface area (Å²) in [6.45, 7) is 6.42. The first kappa shape index (κ1) is 17.4. The number of rotatable bonds is 9. The average molecular weight is 293 g/mol. The molecule has 0 radical (unpaired) electrons. The Bertz CT molecular complexity index is 448. The highest BCUT2D eigenvalue weighted by atomic mass is 16.1. The van der Waals surface area contributed by atoms with E-state index in [9.17, 15) is 4.79 Å². The van der Waals surface area contributed by atoms with Crippen LogP contribution in [0.1, 0.15) is 42.5 Å². The van der Waals surface area contributed by atoms with Gasteiger partial charge in [0.1, 0.15) is 17.3 Å². The molecule has 21 heavy (non-hydrogen) atoms. The lowest BCUT2D eigenvalue weighted by Gasteiger charge is -2.11. The van der Waals surface area contributed by atoms with E-state index in [1.165, 1.54) is 0 Å². The number of carbonyl (C=O) groups is 1. The molecule has 6 heteroatoms. The molecule has 6 nitrogen and oxygen atoms in total. The normalized spacial score (nSPS) is 10.7. The van der Waals surface area contributed by atoms with Gasteiger partial charge in [0, 0.05) is 19.2 Å². The van der Waals surface area contributed by atoms with Crippen LogP contribution >= 0.6 is 0 Å². The molecule has 1 aromatic heterocycles. The standard InChI is InChI=1S/C15H27N5O/c1-5-6-8-17-15(21)13-11-14(19-12(2)18-13)16-9-7-10-20(3)4/h11H,5-10H2,1-4H3,(H,17,21)(H,16,18,19). The van der Waals surface area contributed by atoms with Gasteiger partial charge in [-0.2, -0.15) is 0 Å². The van der Waals surface area contributed by atoms with Crippen LogP contribution in [0.25, 0.3) is 0 Å². The maximum Gasteiger partial charge on any atom is 0.270 e. The summed E-state index contributed by atoms with van der Waals surface area (Å²) in [6.07, 6.45) is 3.06. The molecule has 1 rings (SSSR count). The lowest BCUT2D eigenvalue weighted by Crippen LogP contribution is -2.26. The van der Waals surface area contributed by atoms with Gasteiger partial charge in [0.2, 0.25) is 0 Å². The summed E-state index contributed by atoms with van der Waals surface area (Å²) < 4.78 is 0. The third-order valence-corrected chi connectivity index (χ3v) is 2.97. The molecule has 1 heterocycles. The monoisotopic (exact) mass is 293 g/mol. The number of unbranched alkanes of at least 4 members (excludes halogenated alkanes) is 1. The summed E-state index contributed by atoms with van der Waals surface area (Å²) in [5.41, 5.74) is 0.425. The maximum atomic E-state index is 12.0. The quantitative estimate of drug-likeness (QED) is 0.678. The average Bonchev–Trinajstić information content (AvgIpc) is 2.43. The van der Waals surface area contributed by atoms with Crippen molar-refractivity contribution in [2.45, 2.75) is 33.1 Å². The minimum Gasteiger partial charge on any atom is -0.370 e. The molecule has 0 aliphatic rings. The molecular weight excluding hydrogens is 266 g/mol. The topological polar surface area (TPSA) is 70.2 Å². The third-order valence-electron chi connectivity index (χ3n) is 2.97. The van der Waals surface area contributed by atoms with Crippen LogP contribution in [0.2, 0.25) is 0 Å². The zero-order chi connectivity index (χ0) is 15.7. The van der Waals surface area contributed by atoms with E-state index < -0.39 is 0 Å². The SMILES string of the molecule is CCCCNC(=O)c1cc(NCCCN(C)C)nc(C)n1. The smallest absolute Gasteiger partial charge is 0.270 e. The van der Waals surface area contributed by atoms with Gasteiger partial charge in [0.15, 0.2) is 0 Å². The molecule has 0 aliphatic carbocycles. The van der Waals surface area contributed by atoms with E-state index in [1.807, 2.05) is 14.1 Å². The molecule has 0 aromatic carbocycles. The number of aromatic nitrogens is 2. The summed E-state index contributed by atoms with van der Waals surface area (Å²) in [7, 11) is 4.10. The Labute approximate surface area is 127 Å². The highest BCUT2D eigenvalue weighted by Crippen LogP contribution is 2.07. The van der Waals surface area contributed by atoms with Crippen molar-refractivity contribution in [1.82, 2.24) is 20.2 Å². The number of anilines is 1. The number of carbonyl (C=O) groups excluding carboxylic acids is 1. The zero-order valence-corrected chi connectivity index (χ0v) is 13.6. The Kier molecular flexibility index (Phi) is 7.68. The predicted molar refractivity (Wildman–Crippen MR) is 85.7 cm³/mol. The molecule has 0 saturated heterocycles. The summed E-state index contributed by atoms with van der Waals surface area (Å²) in [4.78, 5) is 22.7. The second kappa shape index (κ2) is 9.28. The molecule has 0 spiro atoms. The lowest BCUT2D eigenvalue weighted by molar-refractivity contribution is 0.0948. The van der Waals surface area contributed by atoms with E-state index in [1.54, 1.807) is 13.0 Å². The Morgan fingerprint density at radius 2 is 2.00 bits per heavy atom. The van der Waals surface area contributed by atoms with Crippen molar-refractivity contribution >= 4 is 11.7 Å². The van der Waals surface area contributed by atoms with Crippen LogP contribution in [0.4, 0.5) is 5.82 Å². The minimum absolute atomic E-state index is 0.134. The summed E-state index contributed by atoms with van der Waals surface area (Å²) in [5, 5.41) is 6.12. The van der Waals surface area contributed by atoms with Crippen molar-refractivity contribution in [3.05, 3.63) is 17.6 Å². The summed E-state index contributed by atoms with van der Waals surface area (Å²) in [5.74, 6) is 1.18. The van der Waals surface area contributed by atoms with Gasteiger partial charge in [-0.3, -0.25) is 4.79 Å². The van der Waals surface area contributed by atoms with Crippen LogP contribution in [0.3, 0.4) is 0 Å². The first-order valence-corrected chi connectivity index (χ1v) is 7.55. The van der Waals surface area contributed by atoms with E-state index in [2.05, 4.69) is 32.4 Å². The number of nitrogens with one attached hydrogen (secondary N) is 2. The number of hydrogen-bond acceptors (Lipinski definition) is 5. The molecule has 0 unspecified atom stereocenters. The van der Waals surface area contributed by atoms with E-state index in [4.69, 9.17) is 0 Å². The second-order valence-corrected chi connectivity index (χ2v) is 5.38. The van der Waals surface area contributed by atoms with Crippen LogP contribution in [0.15, 0.2) is 6.07 Å². The second-order valence-electron chi connectivity index (χ2n) is 5.38. The van der Waals surface area contributed by atoms with Crippen molar-refractivity contribution in [2.75, 3.05) is 39.0 Å². The van der Waals surface area contributed by atoms with Crippen molar-refractivity contribution in [1.29, 1.82) is 0 Å². The third kappa shape index (κ3) is 7.04. The van der Waals surface area contributed by atoms with Gasteiger partial charge in [-0.25, -0.2) is 9.97 Å². The molecule has 1 aromatic rings. The molecule has 0 atom stereocenters. The lowest BCUT2D eigenvalue weighted by atomic mass is 10.3. The fourth-order valence-electron chi connectivity index (χ4n) is 1.86. The van der Waals surface area contributed by atoms with Crippen molar-refractivity contribution in [3.8, 4) is 0 Å². The van der Waals surface area contributed by atoms with Crippen molar-refractivity contribution in [2.24, 2.45) is 0 Å². The molecule has 118 valence electrons. The summed E-state index contributed by atoms with van der Waals surface area (Å²) >= 11 is 0. The van der Waals surface area contributed by atoms with Gasteiger partial charge in [-0.05, 0) is 40.4 Å². The van der Waals surface area contributed by atoms with Gasteiger partial charge in [0.05, 0.1) is 0 Å². The Morgan fingerprint density at radius 3 is 2.67 bits per heavy atom. The molecule has 0 fully saturated rings. The summed E-state index contributed by atoms with van der Waals surface area (Å²) in [6, 6.07) is 1.71. The van der Waals surface area contributed by atoms with E-state index >= 15 is 0 Å². The van der Waals surface area contributed by atoms with Gasteiger partial charge in [-0.1, -0.05) is 13.3 Å². The Balaban J connectivity index is 2.56. The number of amides is 1. The van der Waals surface area contributed by atoms with E-state index in [0.29, 0.717) is 23.9 Å². The Hall–Kier alpha value is -1.69. The number of aryl methyl sites for hydroxylation is 1. The highest BCUT2D eigenvalue weighted by molar-refractivity contribution is 5.92. The Morgan fingerprint density at radius 1 is 1.24 bits per heavy atom. The zero-order valence-electron chi connectivity index (χ0n) is 13.6. The van der Waals surface area contributed by atoms with Gasteiger partial charge < -0.3 is 15.5 Å². The van der Waals surface area contributed by atoms with Crippen LogP contribution in [0, 0.1) is 6.92 Å². The van der Waals surface area contributed by atoms with Gasteiger partial charge >= 0.3 is 0 Å². The van der Waals surface area contributed by atoms with Crippen molar-refractivity contribution < 1.29 is 4.79 Å². The van der Waals surface area contributed by atoms with Crippen LogP contribution in [-0.4, -0.2) is 54.5 Å². The van der Waals surface area contributed by atoms with Crippen LogP contribution in [-0.2, 0) is 0 Å². The fraction of sp³-hybridized carbons (Fsp3) is 0.667. The van der Waals surface area contributed by atoms with Gasteiger partial charge in [0.25, 0.3) is 5.91 Å². The van der Waals surface area contributed by atoms with Crippen LogP contribution in [0.5, 0.6) is 0 Å². The highest BCUT2D eigenvalue weighted by Gasteiger charge is 2.09. The van der Waals surface area contributed by atoms with Crippen LogP contribution < -0.4 is 10.6 Å². The molecule has 2 N–H and O–H groups in total. The fourth-order valence-corrected chi connectivity index (χ4v) is 1.86. The van der Waals surface area contributed by atoms with E-state index in [0.717, 1.165) is 32.4 Å². The predicted octanol–water partition coefficient (Wildman–Crippen LogP) is 1.68. The number of nitrogens with zero attached hydrogens (tertiary/aromatic N) is 3.